The lowest BCUT2D eigenvalue weighted by Crippen LogP contribution is -2.47. The van der Waals surface area contributed by atoms with Gasteiger partial charge in [-0.2, -0.15) is 0 Å². The van der Waals surface area contributed by atoms with Crippen molar-refractivity contribution in [3.8, 4) is 0 Å². The Morgan fingerprint density at radius 1 is 1.23 bits per heavy atom. The minimum Gasteiger partial charge on any atom is -0.338 e. The summed E-state index contributed by atoms with van der Waals surface area (Å²) in [5.74, 6) is 1.07. The first kappa shape index (κ1) is 24.1. The fourth-order valence-corrected chi connectivity index (χ4v) is 5.10. The molecule has 0 spiro atoms. The molecule has 0 unspecified atom stereocenters. The Balaban J connectivity index is 1.63. The van der Waals surface area contributed by atoms with Crippen molar-refractivity contribution in [2.75, 3.05) is 32.4 Å². The molecular formula is C26H39N3OS. The lowest BCUT2D eigenvalue weighted by atomic mass is 10.0. The minimum atomic E-state index is 0.144. The highest BCUT2D eigenvalue weighted by atomic mass is 32.2. The molecule has 3 rings (SSSR count). The number of rotatable bonds is 9. The Bertz CT molecular complexity index is 820. The average molecular weight is 442 g/mol. The molecule has 4 nitrogen and oxygen atoms in total. The third-order valence-corrected chi connectivity index (χ3v) is 7.62. The van der Waals surface area contributed by atoms with Crippen LogP contribution in [0.15, 0.2) is 33.8 Å². The highest BCUT2D eigenvalue weighted by Crippen LogP contribution is 2.32. The van der Waals surface area contributed by atoms with Gasteiger partial charge in [0.15, 0.2) is 0 Å². The van der Waals surface area contributed by atoms with E-state index in [-0.39, 0.29) is 5.91 Å². The first-order chi connectivity index (χ1) is 14.9. The number of carbonyl (C=O) groups is 1. The topological polar surface area (TPSA) is 35.9 Å². The molecule has 2 fully saturated rings. The number of thioether (sulfide) groups is 1. The Hall–Kier alpha value is -1.59. The van der Waals surface area contributed by atoms with E-state index in [2.05, 4.69) is 48.9 Å². The number of carbonyl (C=O) groups excluding carboxylic acids is 1. The van der Waals surface area contributed by atoms with Gasteiger partial charge in [-0.1, -0.05) is 25.1 Å². The van der Waals surface area contributed by atoms with Gasteiger partial charge in [-0.3, -0.25) is 14.7 Å². The average Bonchev–Trinajstić information content (AvgIpc) is 3.59. The standard InChI is InChI=1S/C26H39N3OS/c1-6-14-29(18-22-10-11-22)24-12-15-28(16-13-24)26(30)25(31-5)21(4)27-17-23-9-7-8-19(2)20(23)3/h7-9,17,22,24H,6,10-16,18H2,1-5H3/b25-21-,27-17?. The second kappa shape index (κ2) is 11.3. The van der Waals surface area contributed by atoms with E-state index in [0.29, 0.717) is 6.04 Å². The quantitative estimate of drug-likeness (QED) is 0.379. The van der Waals surface area contributed by atoms with Crippen LogP contribution in [-0.2, 0) is 4.79 Å². The van der Waals surface area contributed by atoms with E-state index < -0.39 is 0 Å². The number of hydrogen-bond acceptors (Lipinski definition) is 4. The number of nitrogens with zero attached hydrogens (tertiary/aromatic N) is 3. The van der Waals surface area contributed by atoms with Crippen LogP contribution >= 0.6 is 11.8 Å². The van der Waals surface area contributed by atoms with Gasteiger partial charge in [0.25, 0.3) is 5.91 Å². The van der Waals surface area contributed by atoms with Crippen molar-refractivity contribution in [3.63, 3.8) is 0 Å². The second-order valence-corrected chi connectivity index (χ2v) is 9.94. The van der Waals surface area contributed by atoms with Gasteiger partial charge >= 0.3 is 0 Å². The maximum absolute atomic E-state index is 13.3. The molecule has 1 aromatic rings. The van der Waals surface area contributed by atoms with Crippen molar-refractivity contribution in [2.24, 2.45) is 10.9 Å². The van der Waals surface area contributed by atoms with Gasteiger partial charge < -0.3 is 4.90 Å². The molecule has 0 N–H and O–H groups in total. The summed E-state index contributed by atoms with van der Waals surface area (Å²) in [5.41, 5.74) is 4.41. The van der Waals surface area contributed by atoms with Crippen molar-refractivity contribution < 1.29 is 4.79 Å². The van der Waals surface area contributed by atoms with E-state index in [0.717, 1.165) is 48.0 Å². The normalized spacial score (nSPS) is 18.7. The lowest BCUT2D eigenvalue weighted by molar-refractivity contribution is -0.128. The summed E-state index contributed by atoms with van der Waals surface area (Å²) in [4.78, 5) is 23.4. The number of aliphatic imine (C=N–C) groups is 1. The van der Waals surface area contributed by atoms with E-state index in [9.17, 15) is 4.79 Å². The summed E-state index contributed by atoms with van der Waals surface area (Å²) in [7, 11) is 0. The zero-order valence-corrected chi connectivity index (χ0v) is 20.8. The maximum Gasteiger partial charge on any atom is 0.262 e. The van der Waals surface area contributed by atoms with Crippen LogP contribution in [0.1, 0.15) is 62.6 Å². The van der Waals surface area contributed by atoms with Gasteiger partial charge in [-0.05, 0) is 88.3 Å². The van der Waals surface area contributed by atoms with Gasteiger partial charge in [-0.25, -0.2) is 0 Å². The molecule has 1 saturated carbocycles. The van der Waals surface area contributed by atoms with Gasteiger partial charge in [-0.15, -0.1) is 11.8 Å². The van der Waals surface area contributed by atoms with E-state index in [1.165, 1.54) is 55.2 Å². The molecule has 1 saturated heterocycles. The van der Waals surface area contributed by atoms with Crippen molar-refractivity contribution in [1.82, 2.24) is 9.80 Å². The summed E-state index contributed by atoms with van der Waals surface area (Å²) in [6.45, 7) is 12.6. The zero-order chi connectivity index (χ0) is 22.4. The molecule has 0 radical (unpaired) electrons. The van der Waals surface area contributed by atoms with E-state index in [1.807, 2.05) is 24.3 Å². The summed E-state index contributed by atoms with van der Waals surface area (Å²) in [6, 6.07) is 6.88. The molecule has 5 heteroatoms. The van der Waals surface area contributed by atoms with Crippen LogP contribution in [0.2, 0.25) is 0 Å². The fourth-order valence-electron chi connectivity index (χ4n) is 4.45. The van der Waals surface area contributed by atoms with Crippen molar-refractivity contribution in [3.05, 3.63) is 45.5 Å². The molecule has 0 atom stereocenters. The molecule has 0 aromatic heterocycles. The van der Waals surface area contributed by atoms with Gasteiger partial charge in [0.2, 0.25) is 0 Å². The zero-order valence-electron chi connectivity index (χ0n) is 20.0. The predicted octanol–water partition coefficient (Wildman–Crippen LogP) is 5.43. The number of piperidine rings is 1. The van der Waals surface area contributed by atoms with Crippen molar-refractivity contribution in [2.45, 2.75) is 65.8 Å². The molecule has 31 heavy (non-hydrogen) atoms. The first-order valence-corrected chi connectivity index (χ1v) is 13.1. The molecule has 1 aliphatic carbocycles. The van der Waals surface area contributed by atoms with E-state index in [1.54, 1.807) is 0 Å². The van der Waals surface area contributed by atoms with Crippen LogP contribution in [0.5, 0.6) is 0 Å². The molecule has 0 bridgehead atoms. The monoisotopic (exact) mass is 441 g/mol. The molecule has 1 amide bonds. The summed E-state index contributed by atoms with van der Waals surface area (Å²) in [6.07, 6.45) is 10.1. The molecule has 2 aliphatic rings. The Morgan fingerprint density at radius 2 is 1.94 bits per heavy atom. The molecule has 1 aliphatic heterocycles. The number of hydrogen-bond donors (Lipinski definition) is 0. The van der Waals surface area contributed by atoms with Gasteiger partial charge in [0.1, 0.15) is 0 Å². The maximum atomic E-state index is 13.3. The first-order valence-electron chi connectivity index (χ1n) is 11.8. The van der Waals surface area contributed by atoms with Crippen LogP contribution in [0.25, 0.3) is 0 Å². The molecule has 1 aromatic carbocycles. The number of allylic oxidation sites excluding steroid dienone is 1. The third-order valence-electron chi connectivity index (χ3n) is 6.74. The number of aryl methyl sites for hydroxylation is 1. The largest absolute Gasteiger partial charge is 0.338 e. The predicted molar refractivity (Wildman–Crippen MR) is 134 cm³/mol. The fraction of sp³-hybridized carbons (Fsp3) is 0.615. The van der Waals surface area contributed by atoms with Crippen LogP contribution in [0, 0.1) is 19.8 Å². The highest BCUT2D eigenvalue weighted by molar-refractivity contribution is 8.03. The molecule has 1 heterocycles. The summed E-state index contributed by atoms with van der Waals surface area (Å²) >= 11 is 1.52. The van der Waals surface area contributed by atoms with Crippen LogP contribution < -0.4 is 0 Å². The Kier molecular flexibility index (Phi) is 8.79. The van der Waals surface area contributed by atoms with E-state index in [4.69, 9.17) is 0 Å². The van der Waals surface area contributed by atoms with Crippen molar-refractivity contribution >= 4 is 23.9 Å². The highest BCUT2D eigenvalue weighted by Gasteiger charge is 2.31. The van der Waals surface area contributed by atoms with Crippen LogP contribution in [-0.4, -0.2) is 60.4 Å². The smallest absolute Gasteiger partial charge is 0.262 e. The molecule has 170 valence electrons. The van der Waals surface area contributed by atoms with Gasteiger partial charge in [0.05, 0.1) is 10.6 Å². The number of benzene rings is 1. The summed E-state index contributed by atoms with van der Waals surface area (Å²) < 4.78 is 0. The molecular weight excluding hydrogens is 402 g/mol. The minimum absolute atomic E-state index is 0.144. The van der Waals surface area contributed by atoms with E-state index >= 15 is 0 Å². The lowest BCUT2D eigenvalue weighted by Gasteiger charge is -2.39. The third kappa shape index (κ3) is 6.45. The SMILES string of the molecule is CCCN(CC1CC1)C1CCN(C(=O)/C(SC)=C(\C)N=Cc2cccc(C)c2C)CC1. The number of likely N-dealkylation sites (tertiary alicyclic amines) is 1. The Labute approximate surface area is 193 Å². The second-order valence-electron chi connectivity index (χ2n) is 9.13. The van der Waals surface area contributed by atoms with Crippen molar-refractivity contribution in [1.29, 1.82) is 0 Å². The summed E-state index contributed by atoms with van der Waals surface area (Å²) in [5, 5.41) is 0. The number of amides is 1. The van der Waals surface area contributed by atoms with Gasteiger partial charge in [0, 0.05) is 31.9 Å². The van der Waals surface area contributed by atoms with Crippen LogP contribution in [0.3, 0.4) is 0 Å². The Morgan fingerprint density at radius 3 is 2.55 bits per heavy atom. The van der Waals surface area contributed by atoms with Crippen LogP contribution in [0.4, 0.5) is 0 Å².